The quantitative estimate of drug-likeness (QED) is 0.761. The lowest BCUT2D eigenvalue weighted by Crippen LogP contribution is -2.53. The topological polar surface area (TPSA) is 52.6 Å². The second-order valence-electron chi connectivity index (χ2n) is 4.15. The average molecular weight is 264 g/mol. The fourth-order valence-electron chi connectivity index (χ4n) is 1.94. The van der Waals surface area contributed by atoms with Crippen LogP contribution in [0.1, 0.15) is 17.4 Å². The number of nitrogens with zero attached hydrogens (tertiary/aromatic N) is 1. The van der Waals surface area contributed by atoms with Crippen LogP contribution in [0.4, 0.5) is 0 Å². The molecular formula is C13H16N2O2S. The monoisotopic (exact) mass is 264 g/mol. The lowest BCUT2D eigenvalue weighted by atomic mass is 10.2. The van der Waals surface area contributed by atoms with Gasteiger partial charge < -0.3 is 10.4 Å². The Morgan fingerprint density at radius 1 is 1.67 bits per heavy atom. The van der Waals surface area contributed by atoms with Crippen LogP contribution in [0.5, 0.6) is 0 Å². The third-order valence-electron chi connectivity index (χ3n) is 3.02. The molecule has 0 bridgehead atoms. The summed E-state index contributed by atoms with van der Waals surface area (Å²) in [5, 5.41) is 13.6. The molecule has 1 aliphatic rings. The molecule has 18 heavy (non-hydrogen) atoms. The molecule has 1 atom stereocenters. The van der Waals surface area contributed by atoms with Crippen molar-refractivity contribution >= 4 is 17.2 Å². The fourth-order valence-corrected chi connectivity index (χ4v) is 2.79. The van der Waals surface area contributed by atoms with Gasteiger partial charge in [0.2, 0.25) is 5.91 Å². The van der Waals surface area contributed by atoms with E-state index >= 15 is 0 Å². The molecule has 1 saturated heterocycles. The molecule has 0 spiro atoms. The summed E-state index contributed by atoms with van der Waals surface area (Å²) in [5.74, 6) is 5.69. The lowest BCUT2D eigenvalue weighted by molar-refractivity contribution is -0.128. The van der Waals surface area contributed by atoms with E-state index in [1.54, 1.807) is 11.3 Å². The Morgan fingerprint density at radius 2 is 2.50 bits per heavy atom. The summed E-state index contributed by atoms with van der Waals surface area (Å²) in [6, 6.07) is 1.86. The molecule has 1 aliphatic heterocycles. The molecule has 1 unspecified atom stereocenters. The van der Waals surface area contributed by atoms with Crippen LogP contribution in [-0.4, -0.2) is 41.7 Å². The minimum absolute atomic E-state index is 0.0841. The number of aliphatic hydroxyl groups excluding tert-OH is 1. The Bertz CT molecular complexity index is 487. The van der Waals surface area contributed by atoms with Gasteiger partial charge in [-0.15, -0.1) is 11.3 Å². The summed E-state index contributed by atoms with van der Waals surface area (Å²) in [4.78, 5) is 14.9. The van der Waals surface area contributed by atoms with Crippen LogP contribution < -0.4 is 5.32 Å². The van der Waals surface area contributed by atoms with Gasteiger partial charge in [-0.3, -0.25) is 9.69 Å². The number of rotatable bonds is 2. The third-order valence-corrected chi connectivity index (χ3v) is 3.93. The molecule has 5 heteroatoms. The van der Waals surface area contributed by atoms with Gasteiger partial charge in [0.25, 0.3) is 0 Å². The maximum absolute atomic E-state index is 11.6. The van der Waals surface area contributed by atoms with Crippen molar-refractivity contribution < 1.29 is 9.90 Å². The first kappa shape index (κ1) is 13.1. The second-order valence-corrected chi connectivity index (χ2v) is 5.16. The number of carbonyl (C=O) groups excluding carboxylic acids is 1. The first-order valence-electron chi connectivity index (χ1n) is 5.90. The van der Waals surface area contributed by atoms with E-state index in [4.69, 9.17) is 5.11 Å². The van der Waals surface area contributed by atoms with Crippen LogP contribution in [0.3, 0.4) is 0 Å². The maximum Gasteiger partial charge on any atom is 0.237 e. The van der Waals surface area contributed by atoms with Crippen molar-refractivity contribution in [2.24, 2.45) is 0 Å². The lowest BCUT2D eigenvalue weighted by Gasteiger charge is -2.32. The molecule has 1 amide bonds. The van der Waals surface area contributed by atoms with Crippen LogP contribution >= 0.6 is 11.3 Å². The number of hydrogen-bond acceptors (Lipinski definition) is 4. The standard InChI is InChI=1S/C13H16N2O2S/c1-10-13(17)14-5-6-15(10)9-12-11(3-2-7-16)4-8-18-12/h4,8,10,16H,5-7,9H2,1H3,(H,14,17). The van der Waals surface area contributed by atoms with E-state index in [0.717, 1.165) is 23.5 Å². The highest BCUT2D eigenvalue weighted by Gasteiger charge is 2.25. The average Bonchev–Trinajstić information content (AvgIpc) is 2.80. The molecule has 0 aliphatic carbocycles. The molecule has 0 saturated carbocycles. The number of aliphatic hydroxyl groups is 1. The van der Waals surface area contributed by atoms with Crippen LogP contribution in [0.15, 0.2) is 11.4 Å². The molecule has 0 aromatic carbocycles. The number of carbonyl (C=O) groups is 1. The van der Waals surface area contributed by atoms with Gasteiger partial charge in [-0.1, -0.05) is 11.8 Å². The van der Waals surface area contributed by atoms with Crippen molar-refractivity contribution in [3.63, 3.8) is 0 Å². The number of thiophene rings is 1. The highest BCUT2D eigenvalue weighted by atomic mass is 32.1. The Hall–Kier alpha value is -1.35. The minimum atomic E-state index is -0.127. The number of hydrogen-bond donors (Lipinski definition) is 2. The molecule has 1 fully saturated rings. The van der Waals surface area contributed by atoms with Crippen LogP contribution in [-0.2, 0) is 11.3 Å². The third kappa shape index (κ3) is 2.91. The maximum atomic E-state index is 11.6. The number of piperazine rings is 1. The largest absolute Gasteiger partial charge is 0.384 e. The van der Waals surface area contributed by atoms with Crippen molar-refractivity contribution in [3.8, 4) is 11.8 Å². The van der Waals surface area contributed by atoms with Gasteiger partial charge >= 0.3 is 0 Å². The fraction of sp³-hybridized carbons (Fsp3) is 0.462. The Balaban J connectivity index is 2.09. The first-order valence-corrected chi connectivity index (χ1v) is 6.78. The molecule has 1 aromatic heterocycles. The SMILES string of the molecule is CC1C(=O)NCCN1Cc1sccc1C#CCO. The van der Waals surface area contributed by atoms with E-state index in [2.05, 4.69) is 22.1 Å². The molecule has 0 radical (unpaired) electrons. The van der Waals surface area contributed by atoms with Crippen LogP contribution in [0, 0.1) is 11.8 Å². The minimum Gasteiger partial charge on any atom is -0.384 e. The number of amides is 1. The summed E-state index contributed by atoms with van der Waals surface area (Å²) in [6.45, 7) is 4.09. The van der Waals surface area contributed by atoms with Crippen molar-refractivity contribution in [1.82, 2.24) is 10.2 Å². The number of nitrogens with one attached hydrogen (secondary N) is 1. The van der Waals surface area contributed by atoms with Gasteiger partial charge in [0.1, 0.15) is 6.61 Å². The van der Waals surface area contributed by atoms with Crippen molar-refractivity contribution in [2.75, 3.05) is 19.7 Å². The smallest absolute Gasteiger partial charge is 0.237 e. The molecule has 1 aromatic rings. The highest BCUT2D eigenvalue weighted by Crippen LogP contribution is 2.20. The summed E-state index contributed by atoms with van der Waals surface area (Å²) >= 11 is 1.64. The van der Waals surface area contributed by atoms with E-state index in [0.29, 0.717) is 6.54 Å². The van der Waals surface area contributed by atoms with Crippen molar-refractivity contribution in [3.05, 3.63) is 21.9 Å². The zero-order chi connectivity index (χ0) is 13.0. The summed E-state index contributed by atoms with van der Waals surface area (Å²) in [7, 11) is 0. The van der Waals surface area contributed by atoms with Gasteiger partial charge in [-0.25, -0.2) is 0 Å². The van der Waals surface area contributed by atoms with Crippen LogP contribution in [0.25, 0.3) is 0 Å². The summed E-state index contributed by atoms with van der Waals surface area (Å²) in [6.07, 6.45) is 0. The van der Waals surface area contributed by atoms with E-state index in [9.17, 15) is 4.79 Å². The first-order chi connectivity index (χ1) is 8.72. The molecule has 2 N–H and O–H groups in total. The second kappa shape index (κ2) is 6.01. The zero-order valence-electron chi connectivity index (χ0n) is 10.3. The van der Waals surface area contributed by atoms with Gasteiger partial charge in [-0.05, 0) is 18.4 Å². The van der Waals surface area contributed by atoms with E-state index < -0.39 is 0 Å². The normalized spacial score (nSPS) is 20.1. The van der Waals surface area contributed by atoms with Crippen LogP contribution in [0.2, 0.25) is 0 Å². The van der Waals surface area contributed by atoms with Gasteiger partial charge in [-0.2, -0.15) is 0 Å². The van der Waals surface area contributed by atoms with E-state index in [-0.39, 0.29) is 18.6 Å². The van der Waals surface area contributed by atoms with Gasteiger partial charge in [0.05, 0.1) is 6.04 Å². The van der Waals surface area contributed by atoms with E-state index in [1.165, 1.54) is 0 Å². The summed E-state index contributed by atoms with van der Waals surface area (Å²) < 4.78 is 0. The van der Waals surface area contributed by atoms with Gasteiger partial charge in [0, 0.05) is 30.1 Å². The summed E-state index contributed by atoms with van der Waals surface area (Å²) in [5.41, 5.74) is 0.951. The van der Waals surface area contributed by atoms with E-state index in [1.807, 2.05) is 18.4 Å². The van der Waals surface area contributed by atoms with Crippen molar-refractivity contribution in [1.29, 1.82) is 0 Å². The van der Waals surface area contributed by atoms with Crippen molar-refractivity contribution in [2.45, 2.75) is 19.5 Å². The molecule has 2 rings (SSSR count). The highest BCUT2D eigenvalue weighted by molar-refractivity contribution is 7.10. The Kier molecular flexibility index (Phi) is 4.37. The predicted octanol–water partition coefficient (Wildman–Crippen LogP) is 0.412. The molecular weight excluding hydrogens is 248 g/mol. The zero-order valence-corrected chi connectivity index (χ0v) is 11.1. The Labute approximate surface area is 111 Å². The molecule has 96 valence electrons. The van der Waals surface area contributed by atoms with Gasteiger partial charge in [0.15, 0.2) is 0 Å². The Morgan fingerprint density at radius 3 is 3.28 bits per heavy atom. The molecule has 2 heterocycles. The predicted molar refractivity (Wildman–Crippen MR) is 71.2 cm³/mol. The molecule has 4 nitrogen and oxygen atoms in total.